The summed E-state index contributed by atoms with van der Waals surface area (Å²) in [6, 6.07) is 7.22. The number of aromatic nitrogens is 1. The van der Waals surface area contributed by atoms with Crippen LogP contribution in [0.15, 0.2) is 36.5 Å². The molecule has 0 spiro atoms. The lowest BCUT2D eigenvalue weighted by molar-refractivity contribution is 0.267. The molecule has 1 aromatic heterocycles. The van der Waals surface area contributed by atoms with Crippen molar-refractivity contribution < 1.29 is 13.5 Å². The Morgan fingerprint density at radius 3 is 2.83 bits per heavy atom. The van der Waals surface area contributed by atoms with E-state index in [1.165, 1.54) is 18.3 Å². The summed E-state index contributed by atoms with van der Waals surface area (Å²) in [5.74, 6) is -0.251. The van der Waals surface area contributed by atoms with Crippen molar-refractivity contribution in [2.75, 3.05) is 19.7 Å². The van der Waals surface area contributed by atoms with Gasteiger partial charge in [-0.25, -0.2) is 13.8 Å². The van der Waals surface area contributed by atoms with Gasteiger partial charge in [-0.15, -0.1) is 0 Å². The number of benzene rings is 1. The van der Waals surface area contributed by atoms with Gasteiger partial charge in [0.1, 0.15) is 11.6 Å². The van der Waals surface area contributed by atoms with E-state index in [0.717, 1.165) is 19.0 Å². The Hall–Kier alpha value is -1.72. The van der Waals surface area contributed by atoms with E-state index >= 15 is 0 Å². The minimum atomic E-state index is -0.550. The van der Waals surface area contributed by atoms with Gasteiger partial charge in [0.2, 0.25) is 5.88 Å². The van der Waals surface area contributed by atoms with Crippen molar-refractivity contribution in [2.24, 2.45) is 5.92 Å². The third-order valence-electron chi connectivity index (χ3n) is 4.14. The van der Waals surface area contributed by atoms with Crippen LogP contribution in [0.2, 0.25) is 5.02 Å². The number of nitrogens with zero attached hydrogens (tertiary/aromatic N) is 1. The van der Waals surface area contributed by atoms with E-state index in [1.54, 1.807) is 12.1 Å². The smallest absolute Gasteiger partial charge is 0.213 e. The molecule has 1 aliphatic rings. The van der Waals surface area contributed by atoms with Gasteiger partial charge in [-0.2, -0.15) is 0 Å². The first-order valence-electron chi connectivity index (χ1n) is 7.53. The molecule has 1 N–H and O–H groups in total. The molecule has 0 aliphatic carbocycles. The van der Waals surface area contributed by atoms with Crippen LogP contribution in [-0.4, -0.2) is 24.7 Å². The lowest BCUT2D eigenvalue weighted by atomic mass is 9.86. The van der Waals surface area contributed by atoms with E-state index in [2.05, 4.69) is 10.3 Å². The van der Waals surface area contributed by atoms with Crippen LogP contribution in [0, 0.1) is 17.6 Å². The van der Waals surface area contributed by atoms with Gasteiger partial charge in [-0.3, -0.25) is 0 Å². The molecule has 0 amide bonds. The normalized spacial score (nSPS) is 20.7. The first kappa shape index (κ1) is 16.1. The average molecular weight is 339 g/mol. The molecule has 2 atom stereocenters. The zero-order valence-corrected chi connectivity index (χ0v) is 13.2. The molecule has 1 aliphatic heterocycles. The van der Waals surface area contributed by atoms with Crippen molar-refractivity contribution in [1.82, 2.24) is 10.3 Å². The maximum Gasteiger partial charge on any atom is 0.213 e. The number of nitrogens with one attached hydrogen (secondary N) is 1. The number of halogens is 3. The number of pyridine rings is 1. The van der Waals surface area contributed by atoms with Crippen molar-refractivity contribution in [2.45, 2.75) is 12.3 Å². The topological polar surface area (TPSA) is 34.1 Å². The van der Waals surface area contributed by atoms with Crippen LogP contribution in [-0.2, 0) is 0 Å². The fourth-order valence-electron chi connectivity index (χ4n) is 2.97. The predicted octanol–water partition coefficient (Wildman–Crippen LogP) is 3.79. The van der Waals surface area contributed by atoms with Gasteiger partial charge >= 0.3 is 0 Å². The maximum atomic E-state index is 14.0. The lowest BCUT2D eigenvalue weighted by Crippen LogP contribution is -2.16. The van der Waals surface area contributed by atoms with Crippen molar-refractivity contribution in [3.63, 3.8) is 0 Å². The Morgan fingerprint density at radius 1 is 1.22 bits per heavy atom. The first-order chi connectivity index (χ1) is 11.1. The van der Waals surface area contributed by atoms with Crippen LogP contribution in [0.5, 0.6) is 5.88 Å². The number of rotatable bonds is 5. The molecule has 3 rings (SSSR count). The summed E-state index contributed by atoms with van der Waals surface area (Å²) >= 11 is 5.77. The molecule has 122 valence electrons. The fourth-order valence-corrected chi connectivity index (χ4v) is 3.08. The van der Waals surface area contributed by atoms with Gasteiger partial charge < -0.3 is 10.1 Å². The van der Waals surface area contributed by atoms with E-state index in [1.807, 2.05) is 0 Å². The van der Waals surface area contributed by atoms with Crippen LogP contribution in [0.25, 0.3) is 0 Å². The summed E-state index contributed by atoms with van der Waals surface area (Å²) in [5, 5.41) is 3.83. The van der Waals surface area contributed by atoms with Gasteiger partial charge in [0, 0.05) is 30.8 Å². The number of ether oxygens (including phenoxy) is 1. The predicted molar refractivity (Wildman–Crippen MR) is 84.8 cm³/mol. The molecule has 1 saturated heterocycles. The lowest BCUT2D eigenvalue weighted by Gasteiger charge is -2.19. The van der Waals surface area contributed by atoms with Crippen molar-refractivity contribution >= 4 is 11.6 Å². The monoisotopic (exact) mass is 338 g/mol. The molecular formula is C17H17ClF2N2O. The summed E-state index contributed by atoms with van der Waals surface area (Å²) < 4.78 is 32.6. The molecule has 2 aromatic rings. The summed E-state index contributed by atoms with van der Waals surface area (Å²) in [4.78, 5) is 4.07. The third-order valence-corrected chi connectivity index (χ3v) is 4.36. The molecule has 0 unspecified atom stereocenters. The zero-order valence-electron chi connectivity index (χ0n) is 12.4. The van der Waals surface area contributed by atoms with Gasteiger partial charge in [-0.1, -0.05) is 17.7 Å². The van der Waals surface area contributed by atoms with Crippen molar-refractivity contribution in [3.8, 4) is 5.88 Å². The van der Waals surface area contributed by atoms with Crippen molar-refractivity contribution in [3.05, 3.63) is 58.7 Å². The van der Waals surface area contributed by atoms with Gasteiger partial charge in [0.25, 0.3) is 0 Å². The Labute approximate surface area is 138 Å². The Balaban J connectivity index is 1.59. The highest BCUT2D eigenvalue weighted by Crippen LogP contribution is 2.32. The van der Waals surface area contributed by atoms with Gasteiger partial charge in [0.15, 0.2) is 0 Å². The second-order valence-electron chi connectivity index (χ2n) is 5.64. The largest absolute Gasteiger partial charge is 0.478 e. The molecule has 2 heterocycles. The molecule has 1 fully saturated rings. The molecule has 0 bridgehead atoms. The van der Waals surface area contributed by atoms with Crippen LogP contribution < -0.4 is 10.1 Å². The summed E-state index contributed by atoms with van der Waals surface area (Å²) in [7, 11) is 0. The molecule has 23 heavy (non-hydrogen) atoms. The second-order valence-corrected chi connectivity index (χ2v) is 6.08. The Bertz CT molecular complexity index is 666. The minimum Gasteiger partial charge on any atom is -0.478 e. The maximum absolute atomic E-state index is 14.0. The molecule has 0 saturated carbocycles. The van der Waals surface area contributed by atoms with Gasteiger partial charge in [-0.05, 0) is 36.6 Å². The van der Waals surface area contributed by atoms with E-state index in [-0.39, 0.29) is 11.8 Å². The highest BCUT2D eigenvalue weighted by atomic mass is 35.5. The first-order valence-corrected chi connectivity index (χ1v) is 7.91. The Morgan fingerprint density at radius 2 is 2.09 bits per heavy atom. The minimum absolute atomic E-state index is 0.0253. The quantitative estimate of drug-likeness (QED) is 0.900. The number of hydrogen-bond acceptors (Lipinski definition) is 3. The van der Waals surface area contributed by atoms with E-state index in [9.17, 15) is 8.78 Å². The van der Waals surface area contributed by atoms with E-state index < -0.39 is 11.6 Å². The molecule has 6 heteroatoms. The summed E-state index contributed by atoms with van der Waals surface area (Å²) in [6.45, 7) is 1.96. The average Bonchev–Trinajstić information content (AvgIpc) is 2.97. The molecule has 1 aromatic carbocycles. The van der Waals surface area contributed by atoms with Crippen molar-refractivity contribution in [1.29, 1.82) is 0 Å². The SMILES string of the molecule is Fc1ccc([C@@H]2CNC[C@@H]2CCOc2ccc(Cl)cn2)c(F)c1. The van der Waals surface area contributed by atoms with Gasteiger partial charge in [0.05, 0.1) is 11.6 Å². The van der Waals surface area contributed by atoms with Crippen LogP contribution in [0.3, 0.4) is 0 Å². The summed E-state index contributed by atoms with van der Waals surface area (Å²) in [6.07, 6.45) is 2.30. The second kappa shape index (κ2) is 7.23. The zero-order chi connectivity index (χ0) is 16.2. The van der Waals surface area contributed by atoms with E-state index in [4.69, 9.17) is 16.3 Å². The number of hydrogen-bond donors (Lipinski definition) is 1. The van der Waals surface area contributed by atoms with Crippen LogP contribution >= 0.6 is 11.6 Å². The van der Waals surface area contributed by atoms with Crippen LogP contribution in [0.4, 0.5) is 8.78 Å². The fraction of sp³-hybridized carbons (Fsp3) is 0.353. The molecule has 0 radical (unpaired) electrons. The Kier molecular flexibility index (Phi) is 5.08. The molecule has 3 nitrogen and oxygen atoms in total. The summed E-state index contributed by atoms with van der Waals surface area (Å²) in [5.41, 5.74) is 0.561. The van der Waals surface area contributed by atoms with E-state index in [0.29, 0.717) is 29.6 Å². The van der Waals surface area contributed by atoms with Crippen LogP contribution in [0.1, 0.15) is 17.9 Å². The highest BCUT2D eigenvalue weighted by Gasteiger charge is 2.30. The standard InChI is InChI=1S/C17H17ClF2N2O/c18-12-1-4-17(22-9-12)23-6-5-11-8-21-10-15(11)14-3-2-13(19)7-16(14)20/h1-4,7,9,11,15,21H,5-6,8,10H2/t11-,15+/m0/s1. The highest BCUT2D eigenvalue weighted by molar-refractivity contribution is 6.30. The molecular weight excluding hydrogens is 322 g/mol. The third kappa shape index (κ3) is 3.98.